The van der Waals surface area contributed by atoms with Gasteiger partial charge in [0.05, 0.1) is 11.8 Å². The largest absolute Gasteiger partial charge is 0.340 e. The second-order valence-corrected chi connectivity index (χ2v) is 7.18. The molecule has 1 heterocycles. The zero-order valence-corrected chi connectivity index (χ0v) is 12.1. The quantitative estimate of drug-likeness (QED) is 0.731. The first-order valence-electron chi connectivity index (χ1n) is 6.72. The Hall–Kier alpha value is -0.620. The molecule has 0 spiro atoms. The summed E-state index contributed by atoms with van der Waals surface area (Å²) in [5, 5.41) is 3.22. The molecule has 0 aromatic rings. The van der Waals surface area contributed by atoms with E-state index in [0.717, 1.165) is 25.8 Å². The highest BCUT2D eigenvalue weighted by Gasteiger charge is 2.28. The van der Waals surface area contributed by atoms with E-state index in [1.54, 1.807) is 11.8 Å². The molecule has 1 aliphatic rings. The number of hydrogen-bond donors (Lipinski definition) is 1. The van der Waals surface area contributed by atoms with Crippen LogP contribution in [-0.4, -0.2) is 56.4 Å². The van der Waals surface area contributed by atoms with Gasteiger partial charge in [0.15, 0.2) is 9.84 Å². The predicted octanol–water partition coefficient (Wildman–Crippen LogP) is 0.412. The molecule has 1 N–H and O–H groups in total. The number of rotatable bonds is 7. The third kappa shape index (κ3) is 4.57. The lowest BCUT2D eigenvalue weighted by molar-refractivity contribution is -0.135. The summed E-state index contributed by atoms with van der Waals surface area (Å²) in [7, 11) is -2.99. The lowest BCUT2D eigenvalue weighted by atomic mass is 10.0. The van der Waals surface area contributed by atoms with Gasteiger partial charge in [0.25, 0.3) is 0 Å². The second kappa shape index (κ2) is 7.09. The van der Waals surface area contributed by atoms with E-state index in [-0.39, 0.29) is 23.5 Å². The molecule has 1 rings (SSSR count). The van der Waals surface area contributed by atoms with Gasteiger partial charge in [-0.3, -0.25) is 4.79 Å². The zero-order chi connectivity index (χ0) is 13.6. The highest BCUT2D eigenvalue weighted by atomic mass is 32.2. The lowest BCUT2D eigenvalue weighted by Gasteiger charge is -2.32. The molecule has 0 bridgehead atoms. The minimum atomic E-state index is -2.99. The fraction of sp³-hybridized carbons (Fsp3) is 0.917. The van der Waals surface area contributed by atoms with E-state index in [1.165, 1.54) is 0 Å². The Morgan fingerprint density at radius 2 is 2.11 bits per heavy atom. The molecular formula is C12H24N2O3S. The highest BCUT2D eigenvalue weighted by Crippen LogP contribution is 2.12. The summed E-state index contributed by atoms with van der Waals surface area (Å²) in [6, 6.07) is -0.122. The molecule has 6 heteroatoms. The molecule has 0 saturated carbocycles. The Bertz CT molecular complexity index is 368. The van der Waals surface area contributed by atoms with Gasteiger partial charge < -0.3 is 10.2 Å². The van der Waals surface area contributed by atoms with Crippen LogP contribution in [0.2, 0.25) is 0 Å². The first kappa shape index (κ1) is 15.4. The number of nitrogens with zero attached hydrogens (tertiary/aromatic N) is 1. The maximum absolute atomic E-state index is 12.1. The molecule has 5 nitrogen and oxygen atoms in total. The van der Waals surface area contributed by atoms with Crippen LogP contribution < -0.4 is 5.32 Å². The topological polar surface area (TPSA) is 66.5 Å². The van der Waals surface area contributed by atoms with Gasteiger partial charge in [-0.2, -0.15) is 0 Å². The van der Waals surface area contributed by atoms with Gasteiger partial charge in [-0.25, -0.2) is 8.42 Å². The second-order valence-electron chi connectivity index (χ2n) is 4.71. The Kier molecular flexibility index (Phi) is 6.08. The molecule has 0 radical (unpaired) electrons. The van der Waals surface area contributed by atoms with E-state index < -0.39 is 9.84 Å². The van der Waals surface area contributed by atoms with Crippen molar-refractivity contribution in [2.24, 2.45) is 0 Å². The van der Waals surface area contributed by atoms with E-state index in [4.69, 9.17) is 0 Å². The van der Waals surface area contributed by atoms with Crippen LogP contribution in [0, 0.1) is 0 Å². The maximum Gasteiger partial charge on any atom is 0.239 e. The molecule has 0 aromatic heterocycles. The maximum atomic E-state index is 12.1. The van der Waals surface area contributed by atoms with Crippen LogP contribution >= 0.6 is 0 Å². The number of carbonyl (C=O) groups excluding carboxylic acids is 1. The van der Waals surface area contributed by atoms with Crippen LogP contribution in [0.5, 0.6) is 0 Å². The summed E-state index contributed by atoms with van der Waals surface area (Å²) in [4.78, 5) is 13.8. The molecular weight excluding hydrogens is 252 g/mol. The van der Waals surface area contributed by atoms with Crippen molar-refractivity contribution in [3.8, 4) is 0 Å². The molecule has 0 aliphatic carbocycles. The van der Waals surface area contributed by atoms with Crippen LogP contribution in [0.4, 0.5) is 0 Å². The molecule has 18 heavy (non-hydrogen) atoms. The minimum Gasteiger partial charge on any atom is -0.340 e. The van der Waals surface area contributed by atoms with Crippen LogP contribution in [0.1, 0.15) is 33.1 Å². The zero-order valence-electron chi connectivity index (χ0n) is 11.3. The summed E-state index contributed by atoms with van der Waals surface area (Å²) in [5.41, 5.74) is 0. The fourth-order valence-electron chi connectivity index (χ4n) is 2.06. The number of sulfone groups is 1. The van der Waals surface area contributed by atoms with Crippen LogP contribution in [0.15, 0.2) is 0 Å². The number of nitrogens with one attached hydrogen (secondary N) is 1. The third-order valence-corrected chi connectivity index (χ3v) is 4.97. The van der Waals surface area contributed by atoms with Gasteiger partial charge in [-0.15, -0.1) is 0 Å². The minimum absolute atomic E-state index is 0.0565. The molecule has 1 aliphatic heterocycles. The van der Waals surface area contributed by atoms with Crippen molar-refractivity contribution in [3.63, 3.8) is 0 Å². The normalized spacial score (nSPS) is 21.3. The standard InChI is InChI=1S/C12H24N2O3S/c1-3-7-13-11-6-5-8-14(12(11)15)9-10-18(16,17)4-2/h11,13H,3-10H2,1-2H3. The molecule has 1 saturated heterocycles. The van der Waals surface area contributed by atoms with Gasteiger partial charge >= 0.3 is 0 Å². The number of likely N-dealkylation sites (tertiary alicyclic amines) is 1. The van der Waals surface area contributed by atoms with Crippen molar-refractivity contribution < 1.29 is 13.2 Å². The van der Waals surface area contributed by atoms with Crippen LogP contribution in [-0.2, 0) is 14.6 Å². The molecule has 1 atom stereocenters. The van der Waals surface area contributed by atoms with Crippen molar-refractivity contribution in [1.82, 2.24) is 10.2 Å². The van der Waals surface area contributed by atoms with E-state index in [2.05, 4.69) is 12.2 Å². The Labute approximate surface area is 110 Å². The van der Waals surface area contributed by atoms with Crippen molar-refractivity contribution in [1.29, 1.82) is 0 Å². The van der Waals surface area contributed by atoms with E-state index in [9.17, 15) is 13.2 Å². The molecule has 1 fully saturated rings. The molecule has 0 aromatic carbocycles. The third-order valence-electron chi connectivity index (χ3n) is 3.28. The van der Waals surface area contributed by atoms with Crippen molar-refractivity contribution >= 4 is 15.7 Å². The summed E-state index contributed by atoms with van der Waals surface area (Å²) in [6.07, 6.45) is 2.79. The summed E-state index contributed by atoms with van der Waals surface area (Å²) in [5.74, 6) is 0.281. The smallest absolute Gasteiger partial charge is 0.239 e. The number of hydrogen-bond acceptors (Lipinski definition) is 4. The molecule has 1 amide bonds. The van der Waals surface area contributed by atoms with Gasteiger partial charge in [0.2, 0.25) is 5.91 Å². The summed E-state index contributed by atoms with van der Waals surface area (Å²) >= 11 is 0. The SMILES string of the molecule is CCCNC1CCCN(CCS(=O)(=O)CC)C1=O. The van der Waals surface area contributed by atoms with Crippen LogP contribution in [0.3, 0.4) is 0 Å². The molecule has 1 unspecified atom stereocenters. The van der Waals surface area contributed by atoms with Gasteiger partial charge in [-0.05, 0) is 25.8 Å². The van der Waals surface area contributed by atoms with E-state index in [1.807, 2.05) is 0 Å². The fourth-order valence-corrected chi connectivity index (χ4v) is 2.85. The summed E-state index contributed by atoms with van der Waals surface area (Å²) in [6.45, 7) is 5.55. The van der Waals surface area contributed by atoms with Crippen molar-refractivity contribution in [2.75, 3.05) is 31.1 Å². The van der Waals surface area contributed by atoms with E-state index >= 15 is 0 Å². The van der Waals surface area contributed by atoms with Gasteiger partial charge in [-0.1, -0.05) is 13.8 Å². The Balaban J connectivity index is 2.48. The Morgan fingerprint density at radius 3 is 2.72 bits per heavy atom. The number of carbonyl (C=O) groups is 1. The molecule has 106 valence electrons. The lowest BCUT2D eigenvalue weighted by Crippen LogP contribution is -2.51. The first-order chi connectivity index (χ1) is 8.50. The van der Waals surface area contributed by atoms with Gasteiger partial charge in [0, 0.05) is 18.8 Å². The summed E-state index contributed by atoms with van der Waals surface area (Å²) < 4.78 is 22.9. The predicted molar refractivity (Wildman–Crippen MR) is 72.2 cm³/mol. The number of amides is 1. The average molecular weight is 276 g/mol. The van der Waals surface area contributed by atoms with Crippen molar-refractivity contribution in [2.45, 2.75) is 39.2 Å². The van der Waals surface area contributed by atoms with Gasteiger partial charge in [0.1, 0.15) is 0 Å². The monoisotopic (exact) mass is 276 g/mol. The van der Waals surface area contributed by atoms with Crippen LogP contribution in [0.25, 0.3) is 0 Å². The van der Waals surface area contributed by atoms with E-state index in [0.29, 0.717) is 13.1 Å². The van der Waals surface area contributed by atoms with Crippen molar-refractivity contribution in [3.05, 3.63) is 0 Å². The Morgan fingerprint density at radius 1 is 1.39 bits per heavy atom. The number of piperidine rings is 1. The first-order valence-corrected chi connectivity index (χ1v) is 8.55. The highest BCUT2D eigenvalue weighted by molar-refractivity contribution is 7.91. The average Bonchev–Trinajstić information content (AvgIpc) is 2.36.